The molecule has 3 heteroatoms. The number of nitrogen functional groups attached to an aromatic ring is 1. The van der Waals surface area contributed by atoms with Gasteiger partial charge in [0.2, 0.25) is 0 Å². The van der Waals surface area contributed by atoms with Gasteiger partial charge in [-0.25, -0.2) is 4.79 Å². The standard InChI is InChI=1S/C14H11NO2/c1-8-3-2-4-12-13(8)10-6-5-9(15)7-11(10)14(16)17-12/h2-7H,15H2,1H3. The number of rotatable bonds is 0. The van der Waals surface area contributed by atoms with Gasteiger partial charge in [0.05, 0.1) is 5.39 Å². The Morgan fingerprint density at radius 1 is 1.12 bits per heavy atom. The molecule has 0 amide bonds. The molecule has 3 nitrogen and oxygen atoms in total. The van der Waals surface area contributed by atoms with Gasteiger partial charge in [-0.15, -0.1) is 0 Å². The highest BCUT2D eigenvalue weighted by atomic mass is 16.4. The maximum absolute atomic E-state index is 11.8. The summed E-state index contributed by atoms with van der Waals surface area (Å²) in [5, 5.41) is 2.40. The second-order valence-electron chi connectivity index (χ2n) is 4.14. The largest absolute Gasteiger partial charge is 0.422 e. The molecule has 3 rings (SSSR count). The molecule has 0 aliphatic heterocycles. The Morgan fingerprint density at radius 3 is 2.76 bits per heavy atom. The lowest BCUT2D eigenvalue weighted by atomic mass is 10.0. The number of aryl methyl sites for hydroxylation is 1. The van der Waals surface area contributed by atoms with E-state index in [0.29, 0.717) is 16.7 Å². The van der Waals surface area contributed by atoms with Crippen LogP contribution in [-0.4, -0.2) is 0 Å². The van der Waals surface area contributed by atoms with Crippen LogP contribution in [0.4, 0.5) is 5.69 Å². The predicted molar refractivity (Wildman–Crippen MR) is 69.1 cm³/mol. The van der Waals surface area contributed by atoms with Gasteiger partial charge in [0.15, 0.2) is 0 Å². The second kappa shape index (κ2) is 3.35. The van der Waals surface area contributed by atoms with Crippen LogP contribution in [0.15, 0.2) is 45.6 Å². The van der Waals surface area contributed by atoms with Crippen molar-refractivity contribution in [1.82, 2.24) is 0 Å². The number of anilines is 1. The van der Waals surface area contributed by atoms with E-state index in [-0.39, 0.29) is 5.63 Å². The molecule has 0 saturated carbocycles. The lowest BCUT2D eigenvalue weighted by Gasteiger charge is -2.05. The van der Waals surface area contributed by atoms with Crippen LogP contribution in [-0.2, 0) is 0 Å². The van der Waals surface area contributed by atoms with Crippen LogP contribution < -0.4 is 11.4 Å². The van der Waals surface area contributed by atoms with Gasteiger partial charge >= 0.3 is 5.63 Å². The molecule has 0 atom stereocenters. The molecular weight excluding hydrogens is 214 g/mol. The summed E-state index contributed by atoms with van der Waals surface area (Å²) in [7, 11) is 0. The van der Waals surface area contributed by atoms with Crippen molar-refractivity contribution in [3.63, 3.8) is 0 Å². The molecule has 0 unspecified atom stereocenters. The molecule has 0 radical (unpaired) electrons. The first-order valence-corrected chi connectivity index (χ1v) is 5.38. The van der Waals surface area contributed by atoms with Gasteiger partial charge in [0, 0.05) is 16.5 Å². The zero-order valence-electron chi connectivity index (χ0n) is 9.36. The first-order valence-electron chi connectivity index (χ1n) is 5.38. The van der Waals surface area contributed by atoms with E-state index in [1.807, 2.05) is 25.1 Å². The lowest BCUT2D eigenvalue weighted by Crippen LogP contribution is -2.01. The molecular formula is C14H11NO2. The molecule has 0 aliphatic rings. The Morgan fingerprint density at radius 2 is 1.94 bits per heavy atom. The van der Waals surface area contributed by atoms with Crippen LogP contribution in [0.2, 0.25) is 0 Å². The van der Waals surface area contributed by atoms with Gasteiger partial charge in [0.25, 0.3) is 0 Å². The van der Waals surface area contributed by atoms with Crippen molar-refractivity contribution in [2.24, 2.45) is 0 Å². The third kappa shape index (κ3) is 1.40. The molecule has 17 heavy (non-hydrogen) atoms. The van der Waals surface area contributed by atoms with Crippen molar-refractivity contribution in [3.8, 4) is 0 Å². The number of benzene rings is 2. The fourth-order valence-electron chi connectivity index (χ4n) is 2.17. The Hall–Kier alpha value is -2.29. The van der Waals surface area contributed by atoms with E-state index in [1.165, 1.54) is 0 Å². The lowest BCUT2D eigenvalue weighted by molar-refractivity contribution is 0.569. The first kappa shape index (κ1) is 9.90. The Balaban J connectivity index is 2.68. The summed E-state index contributed by atoms with van der Waals surface area (Å²) in [6.45, 7) is 2.00. The van der Waals surface area contributed by atoms with E-state index < -0.39 is 0 Å². The van der Waals surface area contributed by atoms with E-state index in [4.69, 9.17) is 10.2 Å². The zero-order chi connectivity index (χ0) is 12.0. The van der Waals surface area contributed by atoms with E-state index in [2.05, 4.69) is 0 Å². The number of fused-ring (bicyclic) bond motifs is 3. The smallest absolute Gasteiger partial charge is 0.344 e. The van der Waals surface area contributed by atoms with Gasteiger partial charge in [-0.05, 0) is 30.7 Å². The molecule has 0 saturated heterocycles. The van der Waals surface area contributed by atoms with Crippen molar-refractivity contribution < 1.29 is 4.42 Å². The molecule has 1 heterocycles. The highest BCUT2D eigenvalue weighted by molar-refractivity contribution is 6.06. The highest BCUT2D eigenvalue weighted by Crippen LogP contribution is 2.26. The van der Waals surface area contributed by atoms with E-state index >= 15 is 0 Å². The van der Waals surface area contributed by atoms with Crippen molar-refractivity contribution >= 4 is 27.4 Å². The summed E-state index contributed by atoms with van der Waals surface area (Å²) in [5.41, 5.74) is 7.62. The highest BCUT2D eigenvalue weighted by Gasteiger charge is 2.08. The second-order valence-corrected chi connectivity index (χ2v) is 4.14. The molecule has 0 fully saturated rings. The fourth-order valence-corrected chi connectivity index (χ4v) is 2.17. The fraction of sp³-hybridized carbons (Fsp3) is 0.0714. The van der Waals surface area contributed by atoms with Crippen LogP contribution in [0.5, 0.6) is 0 Å². The van der Waals surface area contributed by atoms with Crippen LogP contribution in [0.1, 0.15) is 5.56 Å². The van der Waals surface area contributed by atoms with Gasteiger partial charge < -0.3 is 10.2 Å². The van der Waals surface area contributed by atoms with E-state index in [1.54, 1.807) is 18.2 Å². The topological polar surface area (TPSA) is 56.2 Å². The minimum Gasteiger partial charge on any atom is -0.422 e. The third-order valence-electron chi connectivity index (χ3n) is 2.97. The average molecular weight is 225 g/mol. The molecule has 0 bridgehead atoms. The van der Waals surface area contributed by atoms with Crippen molar-refractivity contribution in [3.05, 3.63) is 52.4 Å². The maximum Gasteiger partial charge on any atom is 0.344 e. The molecule has 1 aromatic heterocycles. The van der Waals surface area contributed by atoms with Gasteiger partial charge in [-0.2, -0.15) is 0 Å². The predicted octanol–water partition coefficient (Wildman–Crippen LogP) is 2.84. The Bertz CT molecular complexity index is 787. The summed E-state index contributed by atoms with van der Waals surface area (Å²) in [6.07, 6.45) is 0. The monoisotopic (exact) mass is 225 g/mol. The minimum atomic E-state index is -0.342. The summed E-state index contributed by atoms with van der Waals surface area (Å²) in [6, 6.07) is 11.0. The van der Waals surface area contributed by atoms with Gasteiger partial charge in [-0.1, -0.05) is 18.2 Å². The molecule has 3 aromatic rings. The number of hydrogen-bond donors (Lipinski definition) is 1. The van der Waals surface area contributed by atoms with Gasteiger partial charge in [0.1, 0.15) is 5.58 Å². The molecule has 84 valence electrons. The minimum absolute atomic E-state index is 0.342. The normalized spacial score (nSPS) is 11.1. The van der Waals surface area contributed by atoms with Crippen molar-refractivity contribution in [1.29, 1.82) is 0 Å². The first-order chi connectivity index (χ1) is 8.16. The van der Waals surface area contributed by atoms with E-state index in [0.717, 1.165) is 16.3 Å². The number of nitrogens with two attached hydrogens (primary N) is 1. The number of hydrogen-bond acceptors (Lipinski definition) is 3. The van der Waals surface area contributed by atoms with E-state index in [9.17, 15) is 4.79 Å². The molecule has 2 aromatic carbocycles. The average Bonchev–Trinajstić information content (AvgIpc) is 2.30. The summed E-state index contributed by atoms with van der Waals surface area (Å²) >= 11 is 0. The summed E-state index contributed by atoms with van der Waals surface area (Å²) < 4.78 is 5.30. The van der Waals surface area contributed by atoms with Crippen LogP contribution in [0.25, 0.3) is 21.7 Å². The molecule has 0 aliphatic carbocycles. The van der Waals surface area contributed by atoms with Crippen LogP contribution in [0, 0.1) is 6.92 Å². The Kier molecular flexibility index (Phi) is 1.95. The maximum atomic E-state index is 11.8. The van der Waals surface area contributed by atoms with Crippen LogP contribution >= 0.6 is 0 Å². The molecule has 0 spiro atoms. The quantitative estimate of drug-likeness (QED) is 0.363. The zero-order valence-corrected chi connectivity index (χ0v) is 9.36. The Labute approximate surface area is 97.5 Å². The molecule has 2 N–H and O–H groups in total. The van der Waals surface area contributed by atoms with Crippen molar-refractivity contribution in [2.45, 2.75) is 6.92 Å². The van der Waals surface area contributed by atoms with Crippen molar-refractivity contribution in [2.75, 3.05) is 5.73 Å². The van der Waals surface area contributed by atoms with Gasteiger partial charge in [-0.3, -0.25) is 0 Å². The van der Waals surface area contributed by atoms with Crippen LogP contribution in [0.3, 0.4) is 0 Å². The summed E-state index contributed by atoms with van der Waals surface area (Å²) in [5.74, 6) is 0. The SMILES string of the molecule is Cc1cccc2oc(=O)c3cc(N)ccc3c12. The summed E-state index contributed by atoms with van der Waals surface area (Å²) in [4.78, 5) is 11.8. The third-order valence-corrected chi connectivity index (χ3v) is 2.97.